The second kappa shape index (κ2) is 8.72. The number of rotatable bonds is 3. The van der Waals surface area contributed by atoms with Crippen LogP contribution in [0.25, 0.3) is 10.8 Å². The number of para-hydroxylation sites is 1. The summed E-state index contributed by atoms with van der Waals surface area (Å²) in [4.78, 5) is 20.4. The summed E-state index contributed by atoms with van der Waals surface area (Å²) in [5, 5.41) is 2.32. The van der Waals surface area contributed by atoms with E-state index in [-0.39, 0.29) is 5.91 Å². The molecule has 4 heteroatoms. The molecule has 1 atom stereocenters. The third kappa shape index (κ3) is 4.17. The lowest BCUT2D eigenvalue weighted by atomic mass is 10.0. The summed E-state index contributed by atoms with van der Waals surface area (Å²) in [5.74, 6) is 0.175. The van der Waals surface area contributed by atoms with Gasteiger partial charge in [-0.2, -0.15) is 0 Å². The van der Waals surface area contributed by atoms with Crippen LogP contribution >= 0.6 is 0 Å². The van der Waals surface area contributed by atoms with E-state index in [0.29, 0.717) is 6.04 Å². The van der Waals surface area contributed by atoms with Gasteiger partial charge < -0.3 is 9.80 Å². The van der Waals surface area contributed by atoms with Crippen LogP contribution in [0.1, 0.15) is 28.8 Å². The zero-order valence-corrected chi connectivity index (χ0v) is 18.3. The molecular weight excluding hydrogens is 382 g/mol. The number of benzene rings is 3. The first kappa shape index (κ1) is 20.1. The molecule has 0 saturated carbocycles. The van der Waals surface area contributed by atoms with E-state index in [1.54, 1.807) is 0 Å². The Labute approximate surface area is 185 Å². The first-order valence-electron chi connectivity index (χ1n) is 11.5. The minimum Gasteiger partial charge on any atom is -0.369 e. The summed E-state index contributed by atoms with van der Waals surface area (Å²) in [7, 11) is 0. The Hall–Kier alpha value is -2.85. The minimum absolute atomic E-state index is 0.175. The lowest BCUT2D eigenvalue weighted by molar-refractivity contribution is 0.0563. The van der Waals surface area contributed by atoms with Gasteiger partial charge >= 0.3 is 0 Å². The number of piperazine rings is 1. The van der Waals surface area contributed by atoms with Crippen LogP contribution in [-0.4, -0.2) is 61.0 Å². The number of carbonyl (C=O) groups is 1. The number of nitrogens with zero attached hydrogens (tertiary/aromatic N) is 3. The Balaban J connectivity index is 1.23. The molecular formula is C27H31N3O. The summed E-state index contributed by atoms with van der Waals surface area (Å²) < 4.78 is 0. The molecule has 3 aromatic rings. The Bertz CT molecular complexity index is 1070. The number of likely N-dealkylation sites (tertiary alicyclic amines) is 1. The lowest BCUT2D eigenvalue weighted by Gasteiger charge is -2.44. The highest BCUT2D eigenvalue weighted by molar-refractivity contribution is 5.98. The quantitative estimate of drug-likeness (QED) is 0.629. The third-order valence-corrected chi connectivity index (χ3v) is 6.97. The van der Waals surface area contributed by atoms with Crippen molar-refractivity contribution >= 4 is 22.4 Å². The molecule has 4 nitrogen and oxygen atoms in total. The van der Waals surface area contributed by atoms with Crippen molar-refractivity contribution in [2.45, 2.75) is 25.8 Å². The second-order valence-corrected chi connectivity index (χ2v) is 8.92. The molecule has 5 rings (SSSR count). The molecule has 0 radical (unpaired) electrons. The van der Waals surface area contributed by atoms with Gasteiger partial charge in [0.25, 0.3) is 5.91 Å². The predicted molar refractivity (Wildman–Crippen MR) is 128 cm³/mol. The molecule has 1 amide bonds. The van der Waals surface area contributed by atoms with Crippen LogP contribution in [-0.2, 0) is 0 Å². The first-order valence-corrected chi connectivity index (χ1v) is 11.5. The van der Waals surface area contributed by atoms with Crippen molar-refractivity contribution in [1.29, 1.82) is 0 Å². The van der Waals surface area contributed by atoms with Crippen LogP contribution in [0.5, 0.6) is 0 Å². The maximum atomic E-state index is 13.2. The third-order valence-electron chi connectivity index (χ3n) is 6.97. The SMILES string of the molecule is Cc1ccccc1N1CCN(C2CCCN(C(=O)c3ccc4ccccc4c3)C2)CC1. The average Bonchev–Trinajstić information content (AvgIpc) is 2.84. The van der Waals surface area contributed by atoms with Gasteiger partial charge in [0.2, 0.25) is 0 Å². The molecule has 0 spiro atoms. The van der Waals surface area contributed by atoms with Gasteiger partial charge in [0, 0.05) is 56.6 Å². The normalized spacial score (nSPS) is 20.2. The summed E-state index contributed by atoms with van der Waals surface area (Å²) in [6.07, 6.45) is 2.27. The largest absolute Gasteiger partial charge is 0.369 e. The number of aryl methyl sites for hydroxylation is 1. The van der Waals surface area contributed by atoms with Crippen LogP contribution in [0.15, 0.2) is 66.7 Å². The molecule has 0 bridgehead atoms. The maximum Gasteiger partial charge on any atom is 0.253 e. The summed E-state index contributed by atoms with van der Waals surface area (Å²) in [6.45, 7) is 8.15. The number of carbonyl (C=O) groups excluding carboxylic acids is 1. The Kier molecular flexibility index (Phi) is 5.65. The minimum atomic E-state index is 0.175. The molecule has 2 aliphatic rings. The van der Waals surface area contributed by atoms with Crippen molar-refractivity contribution in [3.8, 4) is 0 Å². The second-order valence-electron chi connectivity index (χ2n) is 8.92. The molecule has 2 fully saturated rings. The molecule has 0 N–H and O–H groups in total. The summed E-state index contributed by atoms with van der Waals surface area (Å²) >= 11 is 0. The van der Waals surface area contributed by atoms with Crippen LogP contribution in [0.3, 0.4) is 0 Å². The Morgan fingerprint density at radius 3 is 2.39 bits per heavy atom. The van der Waals surface area contributed by atoms with Gasteiger partial charge in [-0.15, -0.1) is 0 Å². The van der Waals surface area contributed by atoms with Gasteiger partial charge in [-0.1, -0.05) is 48.5 Å². The van der Waals surface area contributed by atoms with E-state index in [1.807, 2.05) is 24.3 Å². The topological polar surface area (TPSA) is 26.8 Å². The van der Waals surface area contributed by atoms with Crippen molar-refractivity contribution in [3.05, 3.63) is 77.9 Å². The molecule has 0 aromatic heterocycles. The van der Waals surface area contributed by atoms with E-state index in [0.717, 1.165) is 56.6 Å². The fourth-order valence-electron chi connectivity index (χ4n) is 5.19. The van der Waals surface area contributed by atoms with E-state index in [1.165, 1.54) is 23.1 Å². The summed E-state index contributed by atoms with van der Waals surface area (Å²) in [6, 6.07) is 23.5. The molecule has 1 unspecified atom stereocenters. The predicted octanol–water partition coefficient (Wildman–Crippen LogP) is 4.58. The molecule has 2 saturated heterocycles. The van der Waals surface area contributed by atoms with E-state index in [2.05, 4.69) is 64.1 Å². The number of fused-ring (bicyclic) bond motifs is 1. The molecule has 2 heterocycles. The van der Waals surface area contributed by atoms with E-state index < -0.39 is 0 Å². The number of hydrogen-bond acceptors (Lipinski definition) is 3. The van der Waals surface area contributed by atoms with Crippen LogP contribution < -0.4 is 4.90 Å². The standard InChI is InChI=1S/C27H31N3O/c1-21-7-2-5-11-26(21)29-17-15-28(16-18-29)25-10-6-14-30(20-25)27(31)24-13-12-22-8-3-4-9-23(22)19-24/h2-5,7-9,11-13,19,25H,6,10,14-18,20H2,1H3. The molecule has 0 aliphatic carbocycles. The first-order chi connectivity index (χ1) is 15.2. The highest BCUT2D eigenvalue weighted by Gasteiger charge is 2.30. The monoisotopic (exact) mass is 413 g/mol. The molecule has 31 heavy (non-hydrogen) atoms. The van der Waals surface area contributed by atoms with Crippen molar-refractivity contribution in [2.75, 3.05) is 44.2 Å². The van der Waals surface area contributed by atoms with Gasteiger partial charge in [0.1, 0.15) is 0 Å². The Morgan fingerprint density at radius 1 is 0.839 bits per heavy atom. The van der Waals surface area contributed by atoms with E-state index >= 15 is 0 Å². The smallest absolute Gasteiger partial charge is 0.253 e. The molecule has 3 aromatic carbocycles. The van der Waals surface area contributed by atoms with Crippen molar-refractivity contribution in [2.24, 2.45) is 0 Å². The Morgan fingerprint density at radius 2 is 1.58 bits per heavy atom. The highest BCUT2D eigenvalue weighted by atomic mass is 16.2. The van der Waals surface area contributed by atoms with Crippen LogP contribution in [0.4, 0.5) is 5.69 Å². The fourth-order valence-corrected chi connectivity index (χ4v) is 5.19. The van der Waals surface area contributed by atoms with E-state index in [4.69, 9.17) is 0 Å². The number of amides is 1. The maximum absolute atomic E-state index is 13.2. The van der Waals surface area contributed by atoms with Gasteiger partial charge in [0.05, 0.1) is 0 Å². The highest BCUT2D eigenvalue weighted by Crippen LogP contribution is 2.24. The zero-order valence-electron chi connectivity index (χ0n) is 18.3. The number of hydrogen-bond donors (Lipinski definition) is 0. The number of piperidine rings is 1. The van der Waals surface area contributed by atoms with Crippen molar-refractivity contribution in [1.82, 2.24) is 9.80 Å². The van der Waals surface area contributed by atoms with Gasteiger partial charge in [-0.25, -0.2) is 0 Å². The van der Waals surface area contributed by atoms with Gasteiger partial charge in [-0.05, 0) is 54.3 Å². The zero-order chi connectivity index (χ0) is 21.2. The van der Waals surface area contributed by atoms with Crippen LogP contribution in [0, 0.1) is 6.92 Å². The molecule has 160 valence electrons. The fraction of sp³-hybridized carbons (Fsp3) is 0.370. The number of anilines is 1. The van der Waals surface area contributed by atoms with Crippen molar-refractivity contribution < 1.29 is 4.79 Å². The van der Waals surface area contributed by atoms with Gasteiger partial charge in [0.15, 0.2) is 0 Å². The summed E-state index contributed by atoms with van der Waals surface area (Å²) in [5.41, 5.74) is 3.52. The van der Waals surface area contributed by atoms with Gasteiger partial charge in [-0.3, -0.25) is 9.69 Å². The van der Waals surface area contributed by atoms with Crippen molar-refractivity contribution in [3.63, 3.8) is 0 Å². The van der Waals surface area contributed by atoms with E-state index in [9.17, 15) is 4.79 Å². The van der Waals surface area contributed by atoms with Crippen LogP contribution in [0.2, 0.25) is 0 Å². The average molecular weight is 414 g/mol. The lowest BCUT2D eigenvalue weighted by Crippen LogP contribution is -2.56. The molecule has 2 aliphatic heterocycles.